The molecule has 3 aromatic rings. The monoisotopic (exact) mass is 436 g/mol. The quantitative estimate of drug-likeness (QED) is 0.523. The van der Waals surface area contributed by atoms with Gasteiger partial charge in [-0.15, -0.1) is 0 Å². The van der Waals surface area contributed by atoms with Crippen LogP contribution in [0.1, 0.15) is 16.7 Å². The van der Waals surface area contributed by atoms with Gasteiger partial charge in [0, 0.05) is 11.8 Å². The molecule has 0 fully saturated rings. The van der Waals surface area contributed by atoms with Gasteiger partial charge in [-0.1, -0.05) is 35.9 Å². The van der Waals surface area contributed by atoms with Crippen LogP contribution in [-0.2, 0) is 14.8 Å². The number of rotatable bonds is 7. The van der Waals surface area contributed by atoms with Gasteiger partial charge in [0.2, 0.25) is 5.91 Å². The molecule has 0 aliphatic carbocycles. The standard InChI is InChI=1S/C24H24N2O4S/c1-17-4-7-19(8-5-17)9-15-24(27)25-20-10-12-21(13-11-20)31(28,29)26-22-16-18(2)6-14-23(22)30-3/h4-16,26H,1-3H3,(H,25,27). The number of carbonyl (C=O) groups excluding carboxylic acids is 1. The van der Waals surface area contributed by atoms with Gasteiger partial charge in [-0.25, -0.2) is 8.42 Å². The molecule has 160 valence electrons. The Hall–Kier alpha value is -3.58. The van der Waals surface area contributed by atoms with Crippen LogP contribution in [0.4, 0.5) is 11.4 Å². The molecule has 0 aliphatic rings. The molecule has 0 saturated carbocycles. The van der Waals surface area contributed by atoms with E-state index >= 15 is 0 Å². The first-order valence-corrected chi connectivity index (χ1v) is 11.1. The van der Waals surface area contributed by atoms with Crippen molar-refractivity contribution in [1.29, 1.82) is 0 Å². The largest absolute Gasteiger partial charge is 0.495 e. The minimum Gasteiger partial charge on any atom is -0.495 e. The van der Waals surface area contributed by atoms with Crippen LogP contribution in [0.15, 0.2) is 77.7 Å². The van der Waals surface area contributed by atoms with E-state index in [0.717, 1.165) is 16.7 Å². The van der Waals surface area contributed by atoms with E-state index in [4.69, 9.17) is 4.74 Å². The Bertz CT molecular complexity index is 1200. The van der Waals surface area contributed by atoms with E-state index in [0.29, 0.717) is 17.1 Å². The summed E-state index contributed by atoms with van der Waals surface area (Å²) in [5, 5.41) is 2.72. The normalized spacial score (nSPS) is 11.3. The van der Waals surface area contributed by atoms with E-state index in [2.05, 4.69) is 10.0 Å². The third-order valence-electron chi connectivity index (χ3n) is 4.54. The molecule has 0 spiro atoms. The van der Waals surface area contributed by atoms with E-state index in [1.807, 2.05) is 44.2 Å². The predicted octanol–water partition coefficient (Wildman–Crippen LogP) is 4.76. The molecule has 2 N–H and O–H groups in total. The number of sulfonamides is 1. The number of methoxy groups -OCH3 is 1. The second-order valence-corrected chi connectivity index (χ2v) is 8.75. The van der Waals surface area contributed by atoms with Gasteiger partial charge in [0.25, 0.3) is 10.0 Å². The summed E-state index contributed by atoms with van der Waals surface area (Å²) >= 11 is 0. The lowest BCUT2D eigenvalue weighted by Crippen LogP contribution is -2.14. The Balaban J connectivity index is 1.68. The van der Waals surface area contributed by atoms with Crippen molar-refractivity contribution < 1.29 is 17.9 Å². The van der Waals surface area contributed by atoms with Crippen LogP contribution < -0.4 is 14.8 Å². The van der Waals surface area contributed by atoms with Crippen LogP contribution in [0.3, 0.4) is 0 Å². The van der Waals surface area contributed by atoms with E-state index in [1.54, 1.807) is 30.3 Å². The zero-order valence-electron chi connectivity index (χ0n) is 17.5. The van der Waals surface area contributed by atoms with Crippen LogP contribution in [-0.4, -0.2) is 21.4 Å². The Labute approximate surface area is 182 Å². The van der Waals surface area contributed by atoms with Crippen molar-refractivity contribution in [3.63, 3.8) is 0 Å². The lowest BCUT2D eigenvalue weighted by molar-refractivity contribution is -0.111. The molecule has 0 heterocycles. The van der Waals surface area contributed by atoms with Gasteiger partial charge in [-0.2, -0.15) is 0 Å². The number of hydrogen-bond acceptors (Lipinski definition) is 4. The number of ether oxygens (including phenoxy) is 1. The molecule has 0 aromatic heterocycles. The summed E-state index contributed by atoms with van der Waals surface area (Å²) in [5.41, 5.74) is 3.81. The molecule has 0 radical (unpaired) electrons. The minimum absolute atomic E-state index is 0.0734. The number of nitrogens with one attached hydrogen (secondary N) is 2. The summed E-state index contributed by atoms with van der Waals surface area (Å²) in [5.74, 6) is 0.122. The maximum atomic E-state index is 12.7. The van der Waals surface area contributed by atoms with Crippen LogP contribution in [0, 0.1) is 13.8 Å². The number of hydrogen-bond donors (Lipinski definition) is 2. The average molecular weight is 437 g/mol. The van der Waals surface area contributed by atoms with Crippen molar-refractivity contribution >= 4 is 33.4 Å². The predicted molar refractivity (Wildman–Crippen MR) is 124 cm³/mol. The molecule has 31 heavy (non-hydrogen) atoms. The van der Waals surface area contributed by atoms with Crippen LogP contribution in [0.25, 0.3) is 6.08 Å². The smallest absolute Gasteiger partial charge is 0.262 e. The van der Waals surface area contributed by atoms with Gasteiger partial charge in [-0.05, 0) is 67.4 Å². The Morgan fingerprint density at radius 3 is 2.19 bits per heavy atom. The highest BCUT2D eigenvalue weighted by molar-refractivity contribution is 7.92. The molecule has 0 atom stereocenters. The lowest BCUT2D eigenvalue weighted by atomic mass is 10.1. The van der Waals surface area contributed by atoms with Gasteiger partial charge in [0.15, 0.2) is 0 Å². The highest BCUT2D eigenvalue weighted by Gasteiger charge is 2.17. The highest BCUT2D eigenvalue weighted by Crippen LogP contribution is 2.28. The fraction of sp³-hybridized carbons (Fsp3) is 0.125. The van der Waals surface area contributed by atoms with E-state index in [9.17, 15) is 13.2 Å². The number of carbonyl (C=O) groups is 1. The Kier molecular flexibility index (Phi) is 6.77. The van der Waals surface area contributed by atoms with Crippen molar-refractivity contribution in [2.24, 2.45) is 0 Å². The topological polar surface area (TPSA) is 84.5 Å². The SMILES string of the molecule is COc1ccc(C)cc1NS(=O)(=O)c1ccc(NC(=O)C=Cc2ccc(C)cc2)cc1. The van der Waals surface area contributed by atoms with Gasteiger partial charge in [-0.3, -0.25) is 9.52 Å². The fourth-order valence-electron chi connectivity index (χ4n) is 2.86. The van der Waals surface area contributed by atoms with Gasteiger partial charge in [0.1, 0.15) is 5.75 Å². The van der Waals surface area contributed by atoms with E-state index < -0.39 is 10.0 Å². The number of benzene rings is 3. The van der Waals surface area contributed by atoms with Crippen LogP contribution >= 0.6 is 0 Å². The molecule has 0 aliphatic heterocycles. The van der Waals surface area contributed by atoms with Gasteiger partial charge >= 0.3 is 0 Å². The first-order chi connectivity index (χ1) is 14.8. The molecule has 0 unspecified atom stereocenters. The summed E-state index contributed by atoms with van der Waals surface area (Å²) < 4.78 is 33.2. The maximum absolute atomic E-state index is 12.7. The molecule has 3 rings (SSSR count). The van der Waals surface area contributed by atoms with Crippen molar-refractivity contribution in [2.45, 2.75) is 18.7 Å². The first-order valence-electron chi connectivity index (χ1n) is 9.60. The molecule has 0 saturated heterocycles. The lowest BCUT2D eigenvalue weighted by Gasteiger charge is -2.13. The molecular formula is C24H24N2O4S. The molecule has 7 heteroatoms. The molecular weight excluding hydrogens is 412 g/mol. The van der Waals surface area contributed by atoms with Crippen molar-refractivity contribution in [1.82, 2.24) is 0 Å². The molecule has 3 aromatic carbocycles. The third kappa shape index (κ3) is 5.96. The summed E-state index contributed by atoms with van der Waals surface area (Å²) in [7, 11) is -2.34. The number of amides is 1. The zero-order chi connectivity index (χ0) is 22.4. The fourth-order valence-corrected chi connectivity index (χ4v) is 3.92. The van der Waals surface area contributed by atoms with Gasteiger partial charge < -0.3 is 10.1 Å². The maximum Gasteiger partial charge on any atom is 0.262 e. The third-order valence-corrected chi connectivity index (χ3v) is 5.92. The molecule has 0 bridgehead atoms. The minimum atomic E-state index is -3.81. The van der Waals surface area contributed by atoms with Crippen LogP contribution in [0.2, 0.25) is 0 Å². The van der Waals surface area contributed by atoms with Gasteiger partial charge in [0.05, 0.1) is 17.7 Å². The van der Waals surface area contributed by atoms with Crippen LogP contribution in [0.5, 0.6) is 5.75 Å². The first kappa shape index (κ1) is 22.1. The molecule has 1 amide bonds. The summed E-state index contributed by atoms with van der Waals surface area (Å²) in [4.78, 5) is 12.2. The van der Waals surface area contributed by atoms with E-state index in [-0.39, 0.29) is 10.8 Å². The summed E-state index contributed by atoms with van der Waals surface area (Å²) in [6.45, 7) is 3.86. The highest BCUT2D eigenvalue weighted by atomic mass is 32.2. The van der Waals surface area contributed by atoms with Crippen molar-refractivity contribution in [3.8, 4) is 5.75 Å². The van der Waals surface area contributed by atoms with E-state index in [1.165, 1.54) is 25.3 Å². The second-order valence-electron chi connectivity index (χ2n) is 7.07. The second kappa shape index (κ2) is 9.49. The zero-order valence-corrected chi connectivity index (χ0v) is 18.4. The average Bonchev–Trinajstić information content (AvgIpc) is 2.74. The summed E-state index contributed by atoms with van der Waals surface area (Å²) in [6.07, 6.45) is 3.15. The Morgan fingerprint density at radius 2 is 1.55 bits per heavy atom. The van der Waals surface area contributed by atoms with Crippen molar-refractivity contribution in [3.05, 3.63) is 89.5 Å². The molecule has 6 nitrogen and oxygen atoms in total. The summed E-state index contributed by atoms with van der Waals surface area (Å²) in [6, 6.07) is 19.0. The number of anilines is 2. The van der Waals surface area contributed by atoms with Crippen molar-refractivity contribution in [2.75, 3.05) is 17.1 Å². The number of aryl methyl sites for hydroxylation is 2. The Morgan fingerprint density at radius 1 is 0.903 bits per heavy atom.